The number of esters is 1. The predicted molar refractivity (Wildman–Crippen MR) is 81.2 cm³/mol. The molecule has 108 valence electrons. The molecule has 0 aliphatic carbocycles. The number of thiophene rings is 1. The van der Waals surface area contributed by atoms with Crippen molar-refractivity contribution >= 4 is 39.2 Å². The molecule has 3 heterocycles. The van der Waals surface area contributed by atoms with Gasteiger partial charge in [0.1, 0.15) is 5.57 Å². The van der Waals surface area contributed by atoms with Gasteiger partial charge in [-0.15, -0.1) is 16.4 Å². The Morgan fingerprint density at radius 2 is 2.29 bits per heavy atom. The summed E-state index contributed by atoms with van der Waals surface area (Å²) in [7, 11) is 2.81. The summed E-state index contributed by atoms with van der Waals surface area (Å²) in [5.41, 5.74) is 0.343. The van der Waals surface area contributed by atoms with Gasteiger partial charge in [0.15, 0.2) is 5.82 Å². The first-order valence-corrected chi connectivity index (χ1v) is 7.64. The van der Waals surface area contributed by atoms with Gasteiger partial charge >= 0.3 is 5.97 Å². The molecule has 0 saturated carbocycles. The van der Waals surface area contributed by atoms with Gasteiger partial charge in [-0.1, -0.05) is 17.4 Å². The molecule has 0 unspecified atom stereocenters. The van der Waals surface area contributed by atoms with Crippen LogP contribution < -0.4 is 0 Å². The number of aromatic nitrogens is 3. The van der Waals surface area contributed by atoms with Crippen LogP contribution in [-0.2, 0) is 14.3 Å². The highest BCUT2D eigenvalue weighted by Gasteiger charge is 2.18. The molecule has 3 aromatic heterocycles. The van der Waals surface area contributed by atoms with Gasteiger partial charge in [-0.25, -0.2) is 9.31 Å². The van der Waals surface area contributed by atoms with Crippen LogP contribution in [0.1, 0.15) is 4.88 Å². The number of carbonyl (C=O) groups is 1. The molecule has 0 spiro atoms. The first-order valence-electron chi connectivity index (χ1n) is 5.94. The van der Waals surface area contributed by atoms with Crippen LogP contribution in [0.5, 0.6) is 0 Å². The quantitative estimate of drug-likeness (QED) is 0.420. The maximum atomic E-state index is 11.7. The van der Waals surface area contributed by atoms with Crippen molar-refractivity contribution in [3.8, 4) is 10.7 Å². The molecule has 0 N–H and O–H groups in total. The van der Waals surface area contributed by atoms with Gasteiger partial charge in [-0.05, 0) is 11.4 Å². The standard InChI is InChI=1S/C13H11N3O3S2/c1-18-7-8(12(17)19-2)10-6-16-13(21-10)14-11(15-16)9-4-3-5-20-9/h3-7H,1-2H3/b8-7-. The van der Waals surface area contributed by atoms with Crippen molar-refractivity contribution in [2.75, 3.05) is 14.2 Å². The third kappa shape index (κ3) is 2.55. The summed E-state index contributed by atoms with van der Waals surface area (Å²) in [6, 6.07) is 3.92. The zero-order valence-corrected chi connectivity index (χ0v) is 12.9. The van der Waals surface area contributed by atoms with E-state index in [1.165, 1.54) is 31.8 Å². The van der Waals surface area contributed by atoms with Crippen molar-refractivity contribution in [1.29, 1.82) is 0 Å². The van der Waals surface area contributed by atoms with Crippen LogP contribution in [0.2, 0.25) is 0 Å². The highest BCUT2D eigenvalue weighted by atomic mass is 32.1. The van der Waals surface area contributed by atoms with E-state index in [-0.39, 0.29) is 0 Å². The third-order valence-electron chi connectivity index (χ3n) is 2.69. The van der Waals surface area contributed by atoms with Crippen LogP contribution in [-0.4, -0.2) is 34.8 Å². The Morgan fingerprint density at radius 1 is 1.43 bits per heavy atom. The average Bonchev–Trinajstić information content (AvgIpc) is 3.17. The minimum atomic E-state index is -0.458. The molecule has 0 bridgehead atoms. The highest BCUT2D eigenvalue weighted by molar-refractivity contribution is 7.18. The minimum absolute atomic E-state index is 0.343. The zero-order chi connectivity index (χ0) is 14.8. The van der Waals surface area contributed by atoms with Gasteiger partial charge in [0.2, 0.25) is 4.96 Å². The number of methoxy groups -OCH3 is 2. The van der Waals surface area contributed by atoms with Crippen LogP contribution >= 0.6 is 22.7 Å². The van der Waals surface area contributed by atoms with E-state index in [0.29, 0.717) is 21.2 Å². The summed E-state index contributed by atoms with van der Waals surface area (Å²) in [4.78, 5) is 18.6. The van der Waals surface area contributed by atoms with Gasteiger partial charge in [-0.2, -0.15) is 4.98 Å². The molecule has 6 nitrogen and oxygen atoms in total. The van der Waals surface area contributed by atoms with E-state index >= 15 is 0 Å². The Bertz CT molecular complexity index is 770. The molecule has 0 aliphatic heterocycles. The molecule has 3 aromatic rings. The Morgan fingerprint density at radius 3 is 2.90 bits per heavy atom. The first kappa shape index (κ1) is 13.8. The fourth-order valence-corrected chi connectivity index (χ4v) is 3.33. The van der Waals surface area contributed by atoms with Gasteiger partial charge in [0.05, 0.1) is 36.4 Å². The van der Waals surface area contributed by atoms with Crippen LogP contribution in [0, 0.1) is 0 Å². The Kier molecular flexibility index (Phi) is 3.72. The molecule has 0 fully saturated rings. The SMILES string of the molecule is CO/C=C(\C(=O)OC)c1cn2nc(-c3cccs3)nc2s1. The van der Waals surface area contributed by atoms with E-state index < -0.39 is 5.97 Å². The second-order valence-corrected chi connectivity index (χ2v) is 5.95. The van der Waals surface area contributed by atoms with E-state index in [1.807, 2.05) is 17.5 Å². The number of fused-ring (bicyclic) bond motifs is 1. The second kappa shape index (κ2) is 5.66. The summed E-state index contributed by atoms with van der Waals surface area (Å²) in [5, 5.41) is 6.39. The molecule has 0 amide bonds. The molecule has 21 heavy (non-hydrogen) atoms. The number of hydrogen-bond acceptors (Lipinski definition) is 7. The second-order valence-electron chi connectivity index (χ2n) is 3.99. The third-order valence-corrected chi connectivity index (χ3v) is 4.56. The number of nitrogens with zero attached hydrogens (tertiary/aromatic N) is 3. The molecule has 0 atom stereocenters. The summed E-state index contributed by atoms with van der Waals surface area (Å²) >= 11 is 2.93. The van der Waals surface area contributed by atoms with Crippen molar-refractivity contribution in [2.45, 2.75) is 0 Å². The van der Waals surface area contributed by atoms with E-state index in [2.05, 4.69) is 10.1 Å². The van der Waals surface area contributed by atoms with E-state index in [9.17, 15) is 4.79 Å². The van der Waals surface area contributed by atoms with E-state index in [0.717, 1.165) is 4.88 Å². The summed E-state index contributed by atoms with van der Waals surface area (Å²) < 4.78 is 11.3. The largest absolute Gasteiger partial charge is 0.503 e. The molecular formula is C13H11N3O3S2. The van der Waals surface area contributed by atoms with Crippen LogP contribution in [0.15, 0.2) is 30.0 Å². The van der Waals surface area contributed by atoms with E-state index in [4.69, 9.17) is 9.47 Å². The number of carbonyl (C=O) groups excluding carboxylic acids is 1. The number of rotatable bonds is 4. The van der Waals surface area contributed by atoms with Crippen molar-refractivity contribution in [3.63, 3.8) is 0 Å². The molecule has 8 heteroatoms. The molecule has 0 saturated heterocycles. The smallest absolute Gasteiger partial charge is 0.342 e. The van der Waals surface area contributed by atoms with Gasteiger partial charge in [0.25, 0.3) is 0 Å². The van der Waals surface area contributed by atoms with Crippen molar-refractivity contribution in [3.05, 3.63) is 34.8 Å². The van der Waals surface area contributed by atoms with Crippen LogP contribution in [0.4, 0.5) is 0 Å². The summed E-state index contributed by atoms with van der Waals surface area (Å²) in [5.74, 6) is 0.220. The normalized spacial score (nSPS) is 11.8. The van der Waals surface area contributed by atoms with Crippen LogP contribution in [0.3, 0.4) is 0 Å². The fraction of sp³-hybridized carbons (Fsp3) is 0.154. The van der Waals surface area contributed by atoms with Crippen LogP contribution in [0.25, 0.3) is 21.2 Å². The number of hydrogen-bond donors (Lipinski definition) is 0. The maximum absolute atomic E-state index is 11.7. The maximum Gasteiger partial charge on any atom is 0.342 e. The van der Waals surface area contributed by atoms with E-state index in [1.54, 1.807) is 22.0 Å². The topological polar surface area (TPSA) is 65.7 Å². The number of ether oxygens (including phenoxy) is 2. The molecule has 0 aliphatic rings. The van der Waals surface area contributed by atoms with Gasteiger partial charge in [0, 0.05) is 0 Å². The lowest BCUT2D eigenvalue weighted by molar-refractivity contribution is -0.133. The summed E-state index contributed by atoms with van der Waals surface area (Å²) in [6.07, 6.45) is 3.10. The van der Waals surface area contributed by atoms with Gasteiger partial charge < -0.3 is 9.47 Å². The first-order chi connectivity index (χ1) is 10.2. The summed E-state index contributed by atoms with van der Waals surface area (Å²) in [6.45, 7) is 0. The molecule has 3 rings (SSSR count). The van der Waals surface area contributed by atoms with Gasteiger partial charge in [-0.3, -0.25) is 0 Å². The Labute approximate surface area is 128 Å². The minimum Gasteiger partial charge on any atom is -0.503 e. The average molecular weight is 321 g/mol. The number of thiazole rings is 1. The lowest BCUT2D eigenvalue weighted by Crippen LogP contribution is -2.03. The monoisotopic (exact) mass is 321 g/mol. The van der Waals surface area contributed by atoms with Crippen molar-refractivity contribution in [2.24, 2.45) is 0 Å². The highest BCUT2D eigenvalue weighted by Crippen LogP contribution is 2.28. The van der Waals surface area contributed by atoms with Crippen molar-refractivity contribution < 1.29 is 14.3 Å². The van der Waals surface area contributed by atoms with Crippen molar-refractivity contribution in [1.82, 2.24) is 14.6 Å². The predicted octanol–water partition coefficient (Wildman–Crippen LogP) is 2.68. The fourth-order valence-electron chi connectivity index (χ4n) is 1.77. The lowest BCUT2D eigenvalue weighted by Gasteiger charge is -2.01. The Hall–Kier alpha value is -2.19. The Balaban J connectivity index is 2.00. The lowest BCUT2D eigenvalue weighted by atomic mass is 10.3. The zero-order valence-electron chi connectivity index (χ0n) is 11.3. The molecule has 0 radical (unpaired) electrons. The molecular weight excluding hydrogens is 310 g/mol. The molecule has 0 aromatic carbocycles.